The Balaban J connectivity index is 2.19. The fourth-order valence-corrected chi connectivity index (χ4v) is 3.05. The van der Waals surface area contributed by atoms with Gasteiger partial charge in [-0.05, 0) is 17.7 Å². The molecule has 0 radical (unpaired) electrons. The molecule has 0 amide bonds. The summed E-state index contributed by atoms with van der Waals surface area (Å²) in [6.45, 7) is 0. The highest BCUT2D eigenvalue weighted by Gasteiger charge is 2.12. The lowest BCUT2D eigenvalue weighted by atomic mass is 10.2. The Morgan fingerprint density at radius 3 is 2.48 bits per heavy atom. The average Bonchev–Trinajstić information content (AvgIpc) is 2.47. The number of anilines is 1. The van der Waals surface area contributed by atoms with E-state index in [0.717, 1.165) is 5.56 Å². The molecule has 2 aromatic rings. The van der Waals surface area contributed by atoms with Gasteiger partial charge in [-0.2, -0.15) is 0 Å². The molecule has 0 aliphatic carbocycles. The number of methoxy groups -OCH3 is 1. The molecule has 1 unspecified atom stereocenters. The van der Waals surface area contributed by atoms with Gasteiger partial charge in [0.05, 0.1) is 33.5 Å². The zero-order chi connectivity index (χ0) is 15.4. The number of benzene rings is 2. The number of rotatable bonds is 5. The molecule has 2 aromatic carbocycles. The quantitative estimate of drug-likeness (QED) is 0.520. The van der Waals surface area contributed by atoms with Gasteiger partial charge in [-0.15, -0.1) is 0 Å². The van der Waals surface area contributed by atoms with Gasteiger partial charge in [0.2, 0.25) is 0 Å². The number of nitro benzene ring substituents is 1. The van der Waals surface area contributed by atoms with E-state index in [-0.39, 0.29) is 11.4 Å². The zero-order valence-corrected chi connectivity index (χ0v) is 12.1. The van der Waals surface area contributed by atoms with Crippen molar-refractivity contribution in [3.8, 4) is 5.75 Å². The first kappa shape index (κ1) is 15.0. The Bertz CT molecular complexity index is 686. The summed E-state index contributed by atoms with van der Waals surface area (Å²) in [5.74, 6) is 0.716. The van der Waals surface area contributed by atoms with Crippen molar-refractivity contribution >= 4 is 22.2 Å². The van der Waals surface area contributed by atoms with E-state index in [1.165, 1.54) is 19.2 Å². The van der Waals surface area contributed by atoms with Crippen LogP contribution in [0.15, 0.2) is 47.4 Å². The van der Waals surface area contributed by atoms with Gasteiger partial charge in [0.15, 0.2) is 0 Å². The number of nitro groups is 1. The SMILES string of the molecule is COc1cc(N)ccc1S(=O)Cc1ccc([N+](=O)[O-])cc1. The van der Waals surface area contributed by atoms with Crippen molar-refractivity contribution in [1.82, 2.24) is 0 Å². The lowest BCUT2D eigenvalue weighted by Gasteiger charge is -2.09. The van der Waals surface area contributed by atoms with Crippen LogP contribution in [0, 0.1) is 10.1 Å². The van der Waals surface area contributed by atoms with Crippen LogP contribution in [0.1, 0.15) is 5.56 Å². The van der Waals surface area contributed by atoms with Gasteiger partial charge in [0, 0.05) is 23.9 Å². The Morgan fingerprint density at radius 2 is 1.90 bits per heavy atom. The number of non-ortho nitro benzene ring substituents is 1. The van der Waals surface area contributed by atoms with Crippen LogP contribution in [0.2, 0.25) is 0 Å². The van der Waals surface area contributed by atoms with Crippen molar-refractivity contribution in [1.29, 1.82) is 0 Å². The smallest absolute Gasteiger partial charge is 0.269 e. The average molecular weight is 306 g/mol. The predicted molar refractivity (Wildman–Crippen MR) is 80.6 cm³/mol. The van der Waals surface area contributed by atoms with Crippen molar-refractivity contribution in [3.63, 3.8) is 0 Å². The minimum Gasteiger partial charge on any atom is -0.495 e. The van der Waals surface area contributed by atoms with Gasteiger partial charge < -0.3 is 10.5 Å². The van der Waals surface area contributed by atoms with E-state index in [1.807, 2.05) is 0 Å². The maximum atomic E-state index is 12.4. The summed E-state index contributed by atoms with van der Waals surface area (Å²) in [5, 5.41) is 10.6. The third-order valence-electron chi connectivity index (χ3n) is 2.88. The number of ether oxygens (including phenoxy) is 1. The summed E-state index contributed by atoms with van der Waals surface area (Å²) < 4.78 is 17.6. The lowest BCUT2D eigenvalue weighted by Crippen LogP contribution is -2.00. The first-order valence-electron chi connectivity index (χ1n) is 6.06. The normalized spacial score (nSPS) is 11.9. The van der Waals surface area contributed by atoms with Crippen LogP contribution >= 0.6 is 0 Å². The van der Waals surface area contributed by atoms with E-state index in [1.54, 1.807) is 30.3 Å². The fourth-order valence-electron chi connectivity index (χ4n) is 1.82. The maximum Gasteiger partial charge on any atom is 0.269 e. The summed E-state index contributed by atoms with van der Waals surface area (Å²) in [4.78, 5) is 10.7. The van der Waals surface area contributed by atoms with E-state index < -0.39 is 15.7 Å². The third kappa shape index (κ3) is 3.57. The van der Waals surface area contributed by atoms with E-state index in [2.05, 4.69) is 0 Å². The summed E-state index contributed by atoms with van der Waals surface area (Å²) in [6, 6.07) is 10.9. The third-order valence-corrected chi connectivity index (χ3v) is 4.30. The Hall–Kier alpha value is -2.41. The molecule has 0 fully saturated rings. The predicted octanol–water partition coefficient (Wildman–Crippen LogP) is 2.49. The highest BCUT2D eigenvalue weighted by Crippen LogP contribution is 2.26. The summed E-state index contributed by atoms with van der Waals surface area (Å²) >= 11 is 0. The molecule has 2 N–H and O–H groups in total. The molecule has 0 aliphatic heterocycles. The highest BCUT2D eigenvalue weighted by molar-refractivity contribution is 7.84. The summed E-state index contributed by atoms with van der Waals surface area (Å²) in [5.41, 5.74) is 6.95. The molecule has 0 spiro atoms. The maximum absolute atomic E-state index is 12.4. The summed E-state index contributed by atoms with van der Waals surface area (Å²) in [6.07, 6.45) is 0. The van der Waals surface area contributed by atoms with Crippen molar-refractivity contribution in [2.24, 2.45) is 0 Å². The van der Waals surface area contributed by atoms with Gasteiger partial charge in [-0.25, -0.2) is 0 Å². The fraction of sp³-hybridized carbons (Fsp3) is 0.143. The van der Waals surface area contributed by atoms with E-state index in [0.29, 0.717) is 16.3 Å². The minimum absolute atomic E-state index is 0.00889. The molecule has 1 atom stereocenters. The van der Waals surface area contributed by atoms with Crippen molar-refractivity contribution in [3.05, 3.63) is 58.1 Å². The largest absolute Gasteiger partial charge is 0.495 e. The molecule has 2 rings (SSSR count). The number of hydrogen-bond acceptors (Lipinski definition) is 5. The van der Waals surface area contributed by atoms with Crippen molar-refractivity contribution in [2.75, 3.05) is 12.8 Å². The highest BCUT2D eigenvalue weighted by atomic mass is 32.2. The number of hydrogen-bond donors (Lipinski definition) is 1. The van der Waals surface area contributed by atoms with Gasteiger partial charge in [0.25, 0.3) is 5.69 Å². The van der Waals surface area contributed by atoms with Crippen LogP contribution in [-0.2, 0) is 16.6 Å². The molecular weight excluding hydrogens is 292 g/mol. The first-order chi connectivity index (χ1) is 10.0. The number of nitrogen functional groups attached to an aromatic ring is 1. The molecular formula is C14H14N2O4S. The molecule has 0 saturated heterocycles. The Morgan fingerprint density at radius 1 is 1.24 bits per heavy atom. The van der Waals surface area contributed by atoms with Crippen LogP contribution in [0.5, 0.6) is 5.75 Å². The lowest BCUT2D eigenvalue weighted by molar-refractivity contribution is -0.384. The zero-order valence-electron chi connectivity index (χ0n) is 11.3. The molecule has 0 bridgehead atoms. The molecule has 0 heterocycles. The second kappa shape index (κ2) is 6.36. The second-order valence-electron chi connectivity index (χ2n) is 4.32. The van der Waals surface area contributed by atoms with Gasteiger partial charge in [-0.3, -0.25) is 14.3 Å². The van der Waals surface area contributed by atoms with Crippen LogP contribution < -0.4 is 10.5 Å². The topological polar surface area (TPSA) is 95.5 Å². The molecule has 21 heavy (non-hydrogen) atoms. The van der Waals surface area contributed by atoms with Gasteiger partial charge >= 0.3 is 0 Å². The van der Waals surface area contributed by atoms with Crippen LogP contribution in [-0.4, -0.2) is 16.2 Å². The number of nitrogens with zero attached hydrogens (tertiary/aromatic N) is 1. The standard InChI is InChI=1S/C14H14N2O4S/c1-20-13-8-11(15)4-7-14(13)21(19)9-10-2-5-12(6-3-10)16(17)18/h2-8H,9,15H2,1H3. The molecule has 0 aromatic heterocycles. The van der Waals surface area contributed by atoms with Crippen LogP contribution in [0.4, 0.5) is 11.4 Å². The first-order valence-corrected chi connectivity index (χ1v) is 7.38. The Labute approximate surface area is 124 Å². The monoisotopic (exact) mass is 306 g/mol. The van der Waals surface area contributed by atoms with Gasteiger partial charge in [0.1, 0.15) is 5.75 Å². The van der Waals surface area contributed by atoms with Gasteiger partial charge in [-0.1, -0.05) is 12.1 Å². The van der Waals surface area contributed by atoms with Crippen molar-refractivity contribution in [2.45, 2.75) is 10.6 Å². The minimum atomic E-state index is -1.32. The molecule has 0 saturated carbocycles. The van der Waals surface area contributed by atoms with E-state index in [9.17, 15) is 14.3 Å². The van der Waals surface area contributed by atoms with Crippen LogP contribution in [0.3, 0.4) is 0 Å². The van der Waals surface area contributed by atoms with Crippen LogP contribution in [0.25, 0.3) is 0 Å². The number of nitrogens with two attached hydrogens (primary N) is 1. The molecule has 6 nitrogen and oxygen atoms in total. The van der Waals surface area contributed by atoms with E-state index in [4.69, 9.17) is 10.5 Å². The molecule has 0 aliphatic rings. The Kier molecular flexibility index (Phi) is 4.54. The van der Waals surface area contributed by atoms with Crippen molar-refractivity contribution < 1.29 is 13.9 Å². The second-order valence-corrected chi connectivity index (χ2v) is 5.74. The summed E-state index contributed by atoms with van der Waals surface area (Å²) in [7, 11) is 0.166. The van der Waals surface area contributed by atoms with E-state index >= 15 is 0 Å². The molecule has 110 valence electrons. The molecule has 7 heteroatoms.